The lowest BCUT2D eigenvalue weighted by Crippen LogP contribution is -2.42. The summed E-state index contributed by atoms with van der Waals surface area (Å²) < 4.78 is 0. The number of likely N-dealkylation sites (N-methyl/N-ethyl adjacent to an activating group) is 1. The summed E-state index contributed by atoms with van der Waals surface area (Å²) in [7, 11) is 3.86. The molecule has 1 rings (SSSR count). The van der Waals surface area contributed by atoms with Crippen LogP contribution < -0.4 is 16.1 Å². The van der Waals surface area contributed by atoms with Crippen molar-refractivity contribution in [2.45, 2.75) is 73.8 Å². The Kier molecular flexibility index (Phi) is 13.8. The van der Waals surface area contributed by atoms with Crippen molar-refractivity contribution in [2.24, 2.45) is 9.98 Å². The maximum atomic E-state index is 8.12. The highest BCUT2D eigenvalue weighted by Gasteiger charge is 2.17. The van der Waals surface area contributed by atoms with Gasteiger partial charge in [-0.1, -0.05) is 38.3 Å². The number of hydrogen-bond acceptors (Lipinski definition) is 7. The normalized spacial score (nSPS) is 15.5. The Hall–Kier alpha value is -3.67. The minimum atomic E-state index is 0.00450. The molecule has 0 saturated heterocycles. The van der Waals surface area contributed by atoms with Crippen molar-refractivity contribution in [1.82, 2.24) is 21.1 Å². The van der Waals surface area contributed by atoms with E-state index in [1.165, 1.54) is 0 Å². The van der Waals surface area contributed by atoms with E-state index >= 15 is 0 Å². The Labute approximate surface area is 230 Å². The first kappa shape index (κ1) is 32.4. The van der Waals surface area contributed by atoms with Gasteiger partial charge in [0.2, 0.25) is 0 Å². The molecule has 7 nitrogen and oxygen atoms in total. The first-order valence-corrected chi connectivity index (χ1v) is 13.1. The van der Waals surface area contributed by atoms with Gasteiger partial charge in [-0.2, -0.15) is 0 Å². The van der Waals surface area contributed by atoms with Gasteiger partial charge in [0.15, 0.2) is 0 Å². The van der Waals surface area contributed by atoms with Gasteiger partial charge in [0, 0.05) is 24.7 Å². The molecule has 0 spiro atoms. The highest BCUT2D eigenvalue weighted by Crippen LogP contribution is 2.25. The second-order valence-electron chi connectivity index (χ2n) is 9.33. The molecule has 1 aliphatic rings. The van der Waals surface area contributed by atoms with Crippen molar-refractivity contribution in [3.63, 3.8) is 0 Å². The quantitative estimate of drug-likeness (QED) is 0.0920. The lowest BCUT2D eigenvalue weighted by Gasteiger charge is -2.29. The molecule has 1 heterocycles. The molecule has 0 amide bonds. The molecule has 0 aromatic carbocycles. The van der Waals surface area contributed by atoms with Crippen molar-refractivity contribution >= 4 is 17.1 Å². The van der Waals surface area contributed by atoms with Gasteiger partial charge < -0.3 is 16.0 Å². The van der Waals surface area contributed by atoms with Crippen molar-refractivity contribution in [1.29, 1.82) is 5.41 Å². The van der Waals surface area contributed by atoms with Crippen molar-refractivity contribution in [2.75, 3.05) is 14.1 Å². The third-order valence-corrected chi connectivity index (χ3v) is 6.04. The first-order valence-electron chi connectivity index (χ1n) is 13.1. The number of hydrogen-bond donors (Lipinski definition) is 4. The molecule has 38 heavy (non-hydrogen) atoms. The summed E-state index contributed by atoms with van der Waals surface area (Å²) in [6.45, 7) is 21.8. The molecule has 1 aliphatic heterocycles. The number of aliphatic imine (C=N–C) groups is 2. The molecule has 0 aromatic heterocycles. The Morgan fingerprint density at radius 1 is 1.32 bits per heavy atom. The highest BCUT2D eigenvalue weighted by atomic mass is 15.5. The van der Waals surface area contributed by atoms with Gasteiger partial charge in [-0.05, 0) is 90.6 Å². The molecule has 7 heteroatoms. The van der Waals surface area contributed by atoms with Gasteiger partial charge in [0.1, 0.15) is 5.82 Å². The molecule has 4 N–H and O–H groups in total. The predicted octanol–water partition coefficient (Wildman–Crippen LogP) is 6.47. The molecule has 0 aliphatic carbocycles. The van der Waals surface area contributed by atoms with E-state index in [1.807, 2.05) is 72.1 Å². The highest BCUT2D eigenvalue weighted by molar-refractivity contribution is 6.00. The number of nitrogens with one attached hydrogen (secondary N) is 4. The van der Waals surface area contributed by atoms with E-state index in [1.54, 1.807) is 6.92 Å². The summed E-state index contributed by atoms with van der Waals surface area (Å²) in [6.07, 6.45) is 12.9. The smallest absolute Gasteiger partial charge is 0.125 e. The number of hydrazine groups is 1. The summed E-state index contributed by atoms with van der Waals surface area (Å²) in [5.41, 5.74) is 13.9. The molecule has 0 saturated carbocycles. The van der Waals surface area contributed by atoms with Gasteiger partial charge >= 0.3 is 0 Å². The van der Waals surface area contributed by atoms with Crippen molar-refractivity contribution < 1.29 is 0 Å². The fraction of sp³-hybridized carbons (Fsp3) is 0.419. The monoisotopic (exact) mass is 517 g/mol. The van der Waals surface area contributed by atoms with Crippen molar-refractivity contribution in [3.8, 4) is 0 Å². The van der Waals surface area contributed by atoms with Gasteiger partial charge in [0.05, 0.1) is 28.8 Å². The fourth-order valence-corrected chi connectivity index (χ4v) is 3.63. The summed E-state index contributed by atoms with van der Waals surface area (Å²) in [5.74, 6) is 0.770. The molecule has 206 valence electrons. The molecule has 1 unspecified atom stereocenters. The van der Waals surface area contributed by atoms with E-state index < -0.39 is 0 Å². The third kappa shape index (κ3) is 9.66. The van der Waals surface area contributed by atoms with E-state index in [0.29, 0.717) is 11.3 Å². The minimum Gasteiger partial charge on any atom is -0.336 e. The van der Waals surface area contributed by atoms with E-state index in [2.05, 4.69) is 59.0 Å². The summed E-state index contributed by atoms with van der Waals surface area (Å²) in [5, 5.41) is 16.8. The Bertz CT molecular complexity index is 1140. The van der Waals surface area contributed by atoms with Gasteiger partial charge in [0.25, 0.3) is 0 Å². The summed E-state index contributed by atoms with van der Waals surface area (Å²) >= 11 is 0. The Balaban J connectivity index is 3.72. The number of allylic oxidation sites excluding steroid dienone is 7. The molecule has 0 aromatic rings. The SMILES string of the molecule is C=C=C(N/C(=C/C(=C\C)C(/N=C(C)C)=C(\C)C(=C)C(C)=N)N(C)N/C(=C\CC)C1=NC=CCC1)C(C)NC. The first-order chi connectivity index (χ1) is 18.0. The Morgan fingerprint density at radius 3 is 2.47 bits per heavy atom. The molecular weight excluding hydrogens is 470 g/mol. The van der Waals surface area contributed by atoms with Crippen LogP contribution in [0.5, 0.6) is 0 Å². The average Bonchev–Trinajstić information content (AvgIpc) is 2.90. The maximum absolute atomic E-state index is 8.12. The number of nitrogens with zero attached hydrogens (tertiary/aromatic N) is 3. The van der Waals surface area contributed by atoms with Crippen LogP contribution in [0.3, 0.4) is 0 Å². The lowest BCUT2D eigenvalue weighted by atomic mass is 9.99. The third-order valence-electron chi connectivity index (χ3n) is 6.04. The zero-order chi connectivity index (χ0) is 28.8. The van der Waals surface area contributed by atoms with E-state index in [4.69, 9.17) is 10.4 Å². The van der Waals surface area contributed by atoms with Crippen LogP contribution in [-0.4, -0.2) is 42.3 Å². The predicted molar refractivity (Wildman–Crippen MR) is 165 cm³/mol. The summed E-state index contributed by atoms with van der Waals surface area (Å²) in [6, 6.07) is 0.00450. The van der Waals surface area contributed by atoms with Crippen LogP contribution in [0, 0.1) is 5.41 Å². The van der Waals surface area contributed by atoms with Crippen LogP contribution in [0.15, 0.2) is 99.0 Å². The standard InChI is InChI=1S/C31H47N7/c1-12-17-29(28-18-15-16-19-34-28)37-38(11)30(36-27(14-3)25(9)33-10)20-26(13-2)31(35-21(4)5)23(7)22(6)24(8)32/h13,16-17,19-20,25,32-33,36-37H,3,6,12,15,18H2,1-2,4-5,7-11H3/b26-13+,29-17-,30-20-,31-23-,32-24?. The van der Waals surface area contributed by atoms with Crippen LogP contribution in [0.2, 0.25) is 0 Å². The average molecular weight is 518 g/mol. The van der Waals surface area contributed by atoms with E-state index in [0.717, 1.165) is 64.7 Å². The molecule has 0 radical (unpaired) electrons. The van der Waals surface area contributed by atoms with Gasteiger partial charge in [-0.3, -0.25) is 20.4 Å². The van der Waals surface area contributed by atoms with Gasteiger partial charge in [-0.15, -0.1) is 5.73 Å². The van der Waals surface area contributed by atoms with Crippen LogP contribution in [0.25, 0.3) is 0 Å². The van der Waals surface area contributed by atoms with Crippen LogP contribution >= 0.6 is 0 Å². The summed E-state index contributed by atoms with van der Waals surface area (Å²) in [4.78, 5) is 9.46. The maximum Gasteiger partial charge on any atom is 0.125 e. The second kappa shape index (κ2) is 16.2. The zero-order valence-corrected chi connectivity index (χ0v) is 24.8. The second-order valence-corrected chi connectivity index (χ2v) is 9.33. The Morgan fingerprint density at radius 2 is 2.00 bits per heavy atom. The molecule has 1 atom stereocenters. The van der Waals surface area contributed by atoms with E-state index in [9.17, 15) is 0 Å². The van der Waals surface area contributed by atoms with Crippen LogP contribution in [0.1, 0.15) is 67.7 Å². The lowest BCUT2D eigenvalue weighted by molar-refractivity contribution is 0.322. The van der Waals surface area contributed by atoms with Gasteiger partial charge in [-0.25, -0.2) is 0 Å². The topological polar surface area (TPSA) is 87.9 Å². The van der Waals surface area contributed by atoms with Crippen LogP contribution in [0.4, 0.5) is 0 Å². The fourth-order valence-electron chi connectivity index (χ4n) is 3.63. The zero-order valence-electron chi connectivity index (χ0n) is 24.8. The molecular formula is C31H47N7. The largest absolute Gasteiger partial charge is 0.336 e. The number of rotatable bonds is 14. The molecule has 0 bridgehead atoms. The molecule has 0 fully saturated rings. The van der Waals surface area contributed by atoms with E-state index in [-0.39, 0.29) is 6.04 Å². The minimum absolute atomic E-state index is 0.00450. The van der Waals surface area contributed by atoms with Crippen molar-refractivity contribution in [3.05, 3.63) is 89.0 Å². The van der Waals surface area contributed by atoms with Crippen LogP contribution in [-0.2, 0) is 0 Å².